The Bertz CT molecular complexity index is 871. The van der Waals surface area contributed by atoms with Gasteiger partial charge in [0.1, 0.15) is 5.15 Å². The van der Waals surface area contributed by atoms with Crippen LogP contribution in [0.2, 0.25) is 5.15 Å². The summed E-state index contributed by atoms with van der Waals surface area (Å²) in [5.74, 6) is -0.567. The van der Waals surface area contributed by atoms with Gasteiger partial charge in [-0.1, -0.05) is 29.8 Å². The quantitative estimate of drug-likeness (QED) is 0.588. The molecule has 2 heterocycles. The van der Waals surface area contributed by atoms with Gasteiger partial charge >= 0.3 is 0 Å². The van der Waals surface area contributed by atoms with Crippen LogP contribution in [-0.4, -0.2) is 33.0 Å². The van der Waals surface area contributed by atoms with Crippen LogP contribution in [-0.2, 0) is 0 Å². The average Bonchev–Trinajstić information content (AvgIpc) is 2.86. The number of nitrogens with zero attached hydrogens (tertiary/aromatic N) is 3. The molecule has 1 unspecified atom stereocenters. The topological polar surface area (TPSA) is 72.3 Å². The largest absolute Gasteiger partial charge is 0.274 e. The fraction of sp³-hybridized carbons (Fsp3) is 0.222. The van der Waals surface area contributed by atoms with Crippen molar-refractivity contribution in [2.75, 3.05) is 6.54 Å². The molecule has 1 aromatic heterocycles. The zero-order valence-electron chi connectivity index (χ0n) is 13.4. The highest BCUT2D eigenvalue weighted by atomic mass is 35.5. The van der Waals surface area contributed by atoms with Crippen LogP contribution in [0.3, 0.4) is 0 Å². The number of fused-ring (bicyclic) bond motifs is 1. The smallest absolute Gasteiger partial charge is 0.267 e. The second kappa shape index (κ2) is 7.03. The fourth-order valence-electron chi connectivity index (χ4n) is 2.88. The molecular formula is C18H16ClN3O3. The highest BCUT2D eigenvalue weighted by Crippen LogP contribution is 2.23. The van der Waals surface area contributed by atoms with Crippen LogP contribution in [0.25, 0.3) is 0 Å². The summed E-state index contributed by atoms with van der Waals surface area (Å²) in [5.41, 5.74) is 0.580. The maximum Gasteiger partial charge on any atom is 0.267 e. The molecule has 1 atom stereocenters. The highest BCUT2D eigenvalue weighted by molar-refractivity contribution is 6.29. The summed E-state index contributed by atoms with van der Waals surface area (Å²) in [6, 6.07) is 9.18. The van der Waals surface area contributed by atoms with E-state index in [2.05, 4.69) is 11.7 Å². The Morgan fingerprint density at radius 1 is 1.08 bits per heavy atom. The lowest BCUT2D eigenvalue weighted by Crippen LogP contribution is -2.31. The molecular weight excluding hydrogens is 342 g/mol. The fourth-order valence-corrected chi connectivity index (χ4v) is 3.02. The van der Waals surface area contributed by atoms with Gasteiger partial charge in [-0.05, 0) is 31.0 Å². The number of aromatic nitrogens is 2. The molecule has 0 spiro atoms. The lowest BCUT2D eigenvalue weighted by atomic mass is 10.1. The van der Waals surface area contributed by atoms with Crippen molar-refractivity contribution in [2.45, 2.75) is 18.9 Å². The minimum Gasteiger partial charge on any atom is -0.274 e. The minimum atomic E-state index is -0.360. The van der Waals surface area contributed by atoms with Gasteiger partial charge in [-0.25, -0.2) is 4.68 Å². The Morgan fingerprint density at radius 3 is 2.32 bits per heavy atom. The standard InChI is InChI=1S/C18H16ClN3O3/c1-2-12(22-16(23)10-9-15(19)20-22)6-5-11-21-17(24)13-7-3-4-8-14(13)18(21)25/h2-4,7-10,12H,1,5-6,11H2. The predicted molar refractivity (Wildman–Crippen MR) is 93.8 cm³/mol. The maximum absolute atomic E-state index is 12.3. The molecule has 0 fully saturated rings. The van der Waals surface area contributed by atoms with Crippen molar-refractivity contribution >= 4 is 23.4 Å². The van der Waals surface area contributed by atoms with Gasteiger partial charge < -0.3 is 0 Å². The van der Waals surface area contributed by atoms with E-state index in [1.807, 2.05) is 0 Å². The van der Waals surface area contributed by atoms with E-state index < -0.39 is 0 Å². The lowest BCUT2D eigenvalue weighted by Gasteiger charge is -2.17. The van der Waals surface area contributed by atoms with Crippen molar-refractivity contribution in [3.63, 3.8) is 0 Å². The van der Waals surface area contributed by atoms with Gasteiger partial charge in [0, 0.05) is 12.6 Å². The van der Waals surface area contributed by atoms with E-state index in [0.717, 1.165) is 0 Å². The molecule has 1 aliphatic heterocycles. The van der Waals surface area contributed by atoms with Crippen LogP contribution in [0, 0.1) is 0 Å². The monoisotopic (exact) mass is 357 g/mol. The van der Waals surface area contributed by atoms with E-state index in [1.165, 1.54) is 21.7 Å². The van der Waals surface area contributed by atoms with Gasteiger partial charge in [-0.15, -0.1) is 6.58 Å². The van der Waals surface area contributed by atoms with Gasteiger partial charge in [0.05, 0.1) is 17.2 Å². The normalized spacial score (nSPS) is 14.5. The van der Waals surface area contributed by atoms with Crippen molar-refractivity contribution in [3.8, 4) is 0 Å². The Kier molecular flexibility index (Phi) is 4.81. The number of benzene rings is 1. The number of carbonyl (C=O) groups is 2. The second-order valence-electron chi connectivity index (χ2n) is 5.69. The zero-order chi connectivity index (χ0) is 18.0. The molecule has 128 valence electrons. The van der Waals surface area contributed by atoms with E-state index in [9.17, 15) is 14.4 Å². The summed E-state index contributed by atoms with van der Waals surface area (Å²) >= 11 is 5.84. The highest BCUT2D eigenvalue weighted by Gasteiger charge is 2.34. The first-order chi connectivity index (χ1) is 12.0. The first-order valence-electron chi connectivity index (χ1n) is 7.86. The van der Waals surface area contributed by atoms with Crippen molar-refractivity contribution in [1.82, 2.24) is 14.7 Å². The SMILES string of the molecule is C=CC(CCCN1C(=O)c2ccccc2C1=O)n1nc(Cl)ccc1=O. The summed E-state index contributed by atoms with van der Waals surface area (Å²) in [4.78, 5) is 37.8. The molecule has 0 N–H and O–H groups in total. The van der Waals surface area contributed by atoms with E-state index >= 15 is 0 Å². The third-order valence-electron chi connectivity index (χ3n) is 4.14. The molecule has 0 bridgehead atoms. The number of hydrogen-bond acceptors (Lipinski definition) is 4. The Morgan fingerprint density at radius 2 is 1.72 bits per heavy atom. The van der Waals surface area contributed by atoms with Gasteiger partial charge in [-0.3, -0.25) is 19.3 Å². The first kappa shape index (κ1) is 17.1. The molecule has 2 aromatic rings. The first-order valence-corrected chi connectivity index (χ1v) is 8.24. The molecule has 2 amide bonds. The van der Waals surface area contributed by atoms with Gasteiger partial charge in [0.15, 0.2) is 0 Å². The van der Waals surface area contributed by atoms with Gasteiger partial charge in [0.25, 0.3) is 17.4 Å². The number of allylic oxidation sites excluding steroid dienone is 1. The van der Waals surface area contributed by atoms with Gasteiger partial charge in [-0.2, -0.15) is 5.10 Å². The minimum absolute atomic E-state index is 0.215. The second-order valence-corrected chi connectivity index (χ2v) is 6.08. The number of rotatable bonds is 6. The summed E-state index contributed by atoms with van der Waals surface area (Å²) in [7, 11) is 0. The zero-order valence-corrected chi connectivity index (χ0v) is 14.1. The summed E-state index contributed by atoms with van der Waals surface area (Å²) in [5, 5.41) is 4.22. The molecule has 1 aromatic carbocycles. The Labute approximate surface area is 149 Å². The molecule has 0 saturated carbocycles. The van der Waals surface area contributed by atoms with Crippen LogP contribution in [0.15, 0.2) is 53.8 Å². The summed E-state index contributed by atoms with van der Waals surface area (Å²) < 4.78 is 1.26. The van der Waals surface area contributed by atoms with E-state index in [0.29, 0.717) is 24.0 Å². The molecule has 6 nitrogen and oxygen atoms in total. The van der Waals surface area contributed by atoms with Crippen molar-refractivity contribution < 1.29 is 9.59 Å². The molecule has 3 rings (SSSR count). The van der Waals surface area contributed by atoms with E-state index in [1.54, 1.807) is 30.3 Å². The van der Waals surface area contributed by atoms with Crippen molar-refractivity contribution in [2.24, 2.45) is 0 Å². The number of amides is 2. The molecule has 7 heteroatoms. The summed E-state index contributed by atoms with van der Waals surface area (Å²) in [6.07, 6.45) is 2.63. The average molecular weight is 358 g/mol. The molecule has 0 radical (unpaired) electrons. The number of halogens is 1. The molecule has 25 heavy (non-hydrogen) atoms. The van der Waals surface area contributed by atoms with Crippen LogP contribution in [0.4, 0.5) is 0 Å². The summed E-state index contributed by atoms with van der Waals surface area (Å²) in [6.45, 7) is 4.00. The van der Waals surface area contributed by atoms with E-state index in [-0.39, 0.29) is 35.1 Å². The maximum atomic E-state index is 12.3. The Hall–Kier alpha value is -2.73. The number of carbonyl (C=O) groups excluding carboxylic acids is 2. The lowest BCUT2D eigenvalue weighted by molar-refractivity contribution is 0.0650. The van der Waals surface area contributed by atoms with Crippen LogP contribution in [0.1, 0.15) is 39.6 Å². The molecule has 0 saturated heterocycles. The van der Waals surface area contributed by atoms with Gasteiger partial charge in [0.2, 0.25) is 0 Å². The van der Waals surface area contributed by atoms with E-state index in [4.69, 9.17) is 11.6 Å². The third kappa shape index (κ3) is 3.25. The van der Waals surface area contributed by atoms with Crippen LogP contribution >= 0.6 is 11.6 Å². The number of hydrogen-bond donors (Lipinski definition) is 0. The van der Waals surface area contributed by atoms with Crippen LogP contribution < -0.4 is 5.56 Å². The predicted octanol–water partition coefficient (Wildman–Crippen LogP) is 2.70. The third-order valence-corrected chi connectivity index (χ3v) is 4.34. The molecule has 1 aliphatic rings. The van der Waals surface area contributed by atoms with Crippen molar-refractivity contribution in [3.05, 3.63) is 75.7 Å². The Balaban J connectivity index is 1.67. The van der Waals surface area contributed by atoms with Crippen LogP contribution in [0.5, 0.6) is 0 Å². The number of imide groups is 1. The van der Waals surface area contributed by atoms with Crippen molar-refractivity contribution in [1.29, 1.82) is 0 Å². The molecule has 0 aliphatic carbocycles.